The Labute approximate surface area is 112 Å². The van der Waals surface area contributed by atoms with Crippen molar-refractivity contribution in [3.8, 4) is 0 Å². The number of benzene rings is 1. The lowest BCUT2D eigenvalue weighted by Gasteiger charge is -2.24. The van der Waals surface area contributed by atoms with E-state index in [9.17, 15) is 0 Å². The van der Waals surface area contributed by atoms with Gasteiger partial charge < -0.3 is 9.73 Å². The zero-order chi connectivity index (χ0) is 12.4. The average Bonchev–Trinajstić information content (AvgIpc) is 2.81. The van der Waals surface area contributed by atoms with Gasteiger partial charge in [-0.2, -0.15) is 4.98 Å². The van der Waals surface area contributed by atoms with Gasteiger partial charge in [-0.3, -0.25) is 0 Å². The highest BCUT2D eigenvalue weighted by atomic mass is 35.5. The third kappa shape index (κ3) is 2.61. The molecule has 0 atom stereocenters. The minimum absolute atomic E-state index is 0.380. The number of halogens is 1. The summed E-state index contributed by atoms with van der Waals surface area (Å²) < 4.78 is 5.63. The minimum atomic E-state index is 0.380. The molecule has 0 amide bonds. The zero-order valence-corrected chi connectivity index (χ0v) is 11.0. The summed E-state index contributed by atoms with van der Waals surface area (Å²) in [5.41, 5.74) is 1.74. The maximum absolute atomic E-state index is 6.10. The van der Waals surface area contributed by atoms with Gasteiger partial charge in [0.15, 0.2) is 5.58 Å². The van der Waals surface area contributed by atoms with Gasteiger partial charge >= 0.3 is 0 Å². The predicted octanol–water partition coefficient (Wildman–Crippen LogP) is 4.04. The molecule has 3 rings (SSSR count). The van der Waals surface area contributed by atoms with Gasteiger partial charge in [-0.25, -0.2) is 0 Å². The first kappa shape index (κ1) is 11.8. The Morgan fingerprint density at radius 3 is 2.78 bits per heavy atom. The molecule has 1 aromatic heterocycles. The monoisotopic (exact) mass is 264 g/mol. The Hall–Kier alpha value is -1.22. The van der Waals surface area contributed by atoms with Crippen LogP contribution in [-0.4, -0.2) is 16.9 Å². The van der Waals surface area contributed by atoms with E-state index >= 15 is 0 Å². The molecule has 1 fully saturated rings. The van der Waals surface area contributed by atoms with Gasteiger partial charge in [0.25, 0.3) is 6.01 Å². The molecule has 18 heavy (non-hydrogen) atoms. The first-order chi connectivity index (χ1) is 8.81. The molecule has 2 aromatic rings. The quantitative estimate of drug-likeness (QED) is 0.851. The summed E-state index contributed by atoms with van der Waals surface area (Å²) in [7, 11) is 0. The molecule has 0 bridgehead atoms. The second kappa shape index (κ2) is 5.19. The van der Waals surface area contributed by atoms with E-state index in [0.29, 0.717) is 17.3 Å². The van der Waals surface area contributed by atoms with Crippen LogP contribution in [0.15, 0.2) is 28.7 Å². The summed E-state index contributed by atoms with van der Waals surface area (Å²) in [6, 6.07) is 8.45. The fourth-order valence-electron chi connectivity index (χ4n) is 2.51. The molecule has 3 nitrogen and oxygen atoms in total. The van der Waals surface area contributed by atoms with Crippen molar-refractivity contribution in [3.63, 3.8) is 0 Å². The summed E-state index contributed by atoms with van der Waals surface area (Å²) >= 11 is 6.10. The molecule has 1 heterocycles. The highest BCUT2D eigenvalue weighted by molar-refractivity contribution is 6.20. The van der Waals surface area contributed by atoms with Crippen molar-refractivity contribution in [1.29, 1.82) is 0 Å². The minimum Gasteiger partial charge on any atom is -0.424 e. The molecule has 1 aliphatic carbocycles. The highest BCUT2D eigenvalue weighted by Crippen LogP contribution is 2.28. The van der Waals surface area contributed by atoms with Gasteiger partial charge in [-0.05, 0) is 43.7 Å². The van der Waals surface area contributed by atoms with Crippen LogP contribution in [0.25, 0.3) is 11.1 Å². The number of nitrogens with one attached hydrogen (secondary N) is 1. The molecule has 1 aromatic carbocycles. The molecule has 4 heteroatoms. The first-order valence-electron chi connectivity index (χ1n) is 6.55. The topological polar surface area (TPSA) is 38.1 Å². The van der Waals surface area contributed by atoms with Crippen LogP contribution >= 0.6 is 11.6 Å². The van der Waals surface area contributed by atoms with Gasteiger partial charge in [0.1, 0.15) is 5.52 Å². The predicted molar refractivity (Wildman–Crippen MR) is 74.1 cm³/mol. The maximum Gasteiger partial charge on any atom is 0.295 e. The van der Waals surface area contributed by atoms with Crippen LogP contribution in [0.2, 0.25) is 0 Å². The standard InChI is InChI=1S/C14H17ClN2O/c15-11-7-5-10(6-8-11)9-16-14-17-12-3-1-2-4-13(12)18-14/h1-4,10-11H,5-9H2,(H,16,17). The van der Waals surface area contributed by atoms with E-state index in [2.05, 4.69) is 10.3 Å². The van der Waals surface area contributed by atoms with Crippen molar-refractivity contribution in [2.75, 3.05) is 11.9 Å². The van der Waals surface area contributed by atoms with Crippen LogP contribution in [0.3, 0.4) is 0 Å². The summed E-state index contributed by atoms with van der Waals surface area (Å²) in [5, 5.41) is 3.68. The Bertz CT molecular complexity index is 484. The van der Waals surface area contributed by atoms with E-state index < -0.39 is 0 Å². The number of oxazole rings is 1. The van der Waals surface area contributed by atoms with E-state index in [1.807, 2.05) is 24.3 Å². The van der Waals surface area contributed by atoms with Crippen LogP contribution < -0.4 is 5.32 Å². The average molecular weight is 265 g/mol. The van der Waals surface area contributed by atoms with Crippen molar-refractivity contribution in [2.45, 2.75) is 31.1 Å². The molecule has 0 radical (unpaired) electrons. The Morgan fingerprint density at radius 2 is 2.00 bits per heavy atom. The molecular formula is C14H17ClN2O. The molecule has 1 saturated carbocycles. The Kier molecular flexibility index (Phi) is 3.41. The number of hydrogen-bond acceptors (Lipinski definition) is 3. The second-order valence-electron chi connectivity index (χ2n) is 4.99. The van der Waals surface area contributed by atoms with Crippen LogP contribution in [-0.2, 0) is 0 Å². The van der Waals surface area contributed by atoms with E-state index in [-0.39, 0.29) is 0 Å². The number of fused-ring (bicyclic) bond motifs is 1. The number of aromatic nitrogens is 1. The summed E-state index contributed by atoms with van der Waals surface area (Å²) in [5.74, 6) is 0.690. The lowest BCUT2D eigenvalue weighted by Crippen LogP contribution is -2.21. The van der Waals surface area contributed by atoms with E-state index in [1.165, 1.54) is 12.8 Å². The van der Waals surface area contributed by atoms with Crippen molar-refractivity contribution in [2.24, 2.45) is 5.92 Å². The van der Waals surface area contributed by atoms with Crippen LogP contribution in [0.5, 0.6) is 0 Å². The van der Waals surface area contributed by atoms with Crippen LogP contribution in [0.1, 0.15) is 25.7 Å². The third-order valence-corrected chi connectivity index (χ3v) is 4.05. The Balaban J connectivity index is 1.59. The molecule has 0 spiro atoms. The smallest absolute Gasteiger partial charge is 0.295 e. The number of hydrogen-bond donors (Lipinski definition) is 1. The first-order valence-corrected chi connectivity index (χ1v) is 6.98. The van der Waals surface area contributed by atoms with E-state index in [0.717, 1.165) is 30.5 Å². The van der Waals surface area contributed by atoms with E-state index in [4.69, 9.17) is 16.0 Å². The van der Waals surface area contributed by atoms with Crippen LogP contribution in [0.4, 0.5) is 6.01 Å². The number of nitrogens with zero attached hydrogens (tertiary/aromatic N) is 1. The summed E-state index contributed by atoms with van der Waals surface area (Å²) in [6.07, 6.45) is 4.64. The molecule has 0 unspecified atom stereocenters. The molecule has 96 valence electrons. The lowest BCUT2D eigenvalue weighted by atomic mass is 9.89. The fourth-order valence-corrected chi connectivity index (χ4v) is 2.76. The van der Waals surface area contributed by atoms with Crippen molar-refractivity contribution >= 4 is 28.7 Å². The number of rotatable bonds is 3. The third-order valence-electron chi connectivity index (χ3n) is 3.61. The molecule has 1 aliphatic rings. The lowest BCUT2D eigenvalue weighted by molar-refractivity contribution is 0.375. The van der Waals surface area contributed by atoms with Crippen molar-refractivity contribution in [1.82, 2.24) is 4.98 Å². The molecular weight excluding hydrogens is 248 g/mol. The summed E-state index contributed by atoms with van der Waals surface area (Å²) in [6.45, 7) is 0.927. The second-order valence-corrected chi connectivity index (χ2v) is 5.60. The normalized spacial score (nSPS) is 24.3. The van der Waals surface area contributed by atoms with Crippen molar-refractivity contribution in [3.05, 3.63) is 24.3 Å². The van der Waals surface area contributed by atoms with Gasteiger partial charge in [-0.15, -0.1) is 11.6 Å². The SMILES string of the molecule is ClC1CCC(CNc2nc3ccccc3o2)CC1. The number of alkyl halides is 1. The van der Waals surface area contributed by atoms with Gasteiger partial charge in [-0.1, -0.05) is 12.1 Å². The van der Waals surface area contributed by atoms with Crippen LogP contribution in [0, 0.1) is 5.92 Å². The molecule has 1 N–H and O–H groups in total. The zero-order valence-electron chi connectivity index (χ0n) is 10.2. The van der Waals surface area contributed by atoms with E-state index in [1.54, 1.807) is 0 Å². The Morgan fingerprint density at radius 1 is 1.22 bits per heavy atom. The van der Waals surface area contributed by atoms with Crippen molar-refractivity contribution < 1.29 is 4.42 Å². The summed E-state index contributed by atoms with van der Waals surface area (Å²) in [4.78, 5) is 4.41. The van der Waals surface area contributed by atoms with Gasteiger partial charge in [0.2, 0.25) is 0 Å². The number of para-hydroxylation sites is 2. The van der Waals surface area contributed by atoms with Gasteiger partial charge in [0.05, 0.1) is 0 Å². The largest absolute Gasteiger partial charge is 0.424 e. The fraction of sp³-hybridized carbons (Fsp3) is 0.500. The van der Waals surface area contributed by atoms with Gasteiger partial charge in [0, 0.05) is 11.9 Å². The maximum atomic E-state index is 6.10. The number of anilines is 1. The molecule has 0 aliphatic heterocycles. The molecule has 0 saturated heterocycles. The highest BCUT2D eigenvalue weighted by Gasteiger charge is 2.19.